The Balaban J connectivity index is 1.75. The van der Waals surface area contributed by atoms with Gasteiger partial charge in [-0.2, -0.15) is 0 Å². The van der Waals surface area contributed by atoms with Crippen LogP contribution in [0.1, 0.15) is 47.2 Å². The molecule has 0 radical (unpaired) electrons. The van der Waals surface area contributed by atoms with Crippen LogP contribution in [0.2, 0.25) is 0 Å². The first-order valence-electron chi connectivity index (χ1n) is 8.48. The highest BCUT2D eigenvalue weighted by atomic mass is 16.5. The summed E-state index contributed by atoms with van der Waals surface area (Å²) in [5.74, 6) is 0.964. The molecule has 4 heteroatoms. The summed E-state index contributed by atoms with van der Waals surface area (Å²) >= 11 is 0. The molecule has 3 N–H and O–H groups in total. The molecule has 2 aromatic carbocycles. The summed E-state index contributed by atoms with van der Waals surface area (Å²) in [6.45, 7) is 3.89. The van der Waals surface area contributed by atoms with Crippen LogP contribution >= 0.6 is 0 Å². The minimum Gasteiger partial charge on any atom is -0.457 e. The molecular weight excluding hydrogens is 300 g/mol. The van der Waals surface area contributed by atoms with Gasteiger partial charge in [0, 0.05) is 17.3 Å². The summed E-state index contributed by atoms with van der Waals surface area (Å²) < 4.78 is 5.94. The van der Waals surface area contributed by atoms with Gasteiger partial charge in [-0.15, -0.1) is 0 Å². The molecule has 1 amide bonds. The quantitative estimate of drug-likeness (QED) is 0.848. The molecule has 2 aromatic rings. The predicted molar refractivity (Wildman–Crippen MR) is 96.8 cm³/mol. The Kier molecular flexibility index (Phi) is 4.74. The fraction of sp³-hybridized carbons (Fsp3) is 0.350. The van der Waals surface area contributed by atoms with Crippen LogP contribution in [0.25, 0.3) is 0 Å². The molecule has 0 heterocycles. The summed E-state index contributed by atoms with van der Waals surface area (Å²) in [4.78, 5) is 11.5. The van der Waals surface area contributed by atoms with Crippen molar-refractivity contribution >= 4 is 11.6 Å². The monoisotopic (exact) mass is 324 g/mol. The maximum Gasteiger partial charge on any atom is 0.249 e. The van der Waals surface area contributed by atoms with Gasteiger partial charge < -0.3 is 15.8 Å². The van der Waals surface area contributed by atoms with Gasteiger partial charge in [0.25, 0.3) is 0 Å². The van der Waals surface area contributed by atoms with Gasteiger partial charge in [-0.05, 0) is 68.1 Å². The van der Waals surface area contributed by atoms with E-state index in [9.17, 15) is 4.79 Å². The molecule has 126 valence electrons. The van der Waals surface area contributed by atoms with Crippen molar-refractivity contribution in [2.75, 3.05) is 5.32 Å². The molecule has 0 aliphatic heterocycles. The SMILES string of the molecule is Cc1cc(NC2CCCC2)ccc1Oc1ccc(C)c(C(N)=O)c1. The molecule has 3 rings (SSSR count). The maximum absolute atomic E-state index is 11.5. The molecule has 0 atom stereocenters. The third-order valence-electron chi connectivity index (χ3n) is 4.60. The van der Waals surface area contributed by atoms with Gasteiger partial charge >= 0.3 is 0 Å². The zero-order chi connectivity index (χ0) is 17.1. The predicted octanol–water partition coefficient (Wildman–Crippen LogP) is 4.55. The van der Waals surface area contributed by atoms with E-state index in [1.165, 1.54) is 25.7 Å². The van der Waals surface area contributed by atoms with Crippen LogP contribution in [0.15, 0.2) is 36.4 Å². The third kappa shape index (κ3) is 3.70. The lowest BCUT2D eigenvalue weighted by Gasteiger charge is -2.16. The van der Waals surface area contributed by atoms with Crippen LogP contribution in [-0.2, 0) is 0 Å². The molecule has 24 heavy (non-hydrogen) atoms. The Morgan fingerprint density at radius 2 is 1.83 bits per heavy atom. The van der Waals surface area contributed by atoms with Crippen LogP contribution in [0.4, 0.5) is 5.69 Å². The third-order valence-corrected chi connectivity index (χ3v) is 4.60. The second kappa shape index (κ2) is 6.95. The highest BCUT2D eigenvalue weighted by molar-refractivity contribution is 5.94. The molecule has 1 saturated carbocycles. The van der Waals surface area contributed by atoms with Gasteiger partial charge in [0.05, 0.1) is 0 Å². The standard InChI is InChI=1S/C20H24N2O2/c1-13-7-9-17(12-18(13)20(21)23)24-19-10-8-16(11-14(19)2)22-15-5-3-4-6-15/h7-12,15,22H,3-6H2,1-2H3,(H2,21,23). The Morgan fingerprint density at radius 3 is 2.50 bits per heavy atom. The molecule has 0 aromatic heterocycles. The number of aryl methyl sites for hydroxylation is 2. The Labute approximate surface area is 143 Å². The maximum atomic E-state index is 11.5. The first kappa shape index (κ1) is 16.4. The van der Waals surface area contributed by atoms with Crippen molar-refractivity contribution in [1.29, 1.82) is 0 Å². The van der Waals surface area contributed by atoms with Crippen LogP contribution in [-0.4, -0.2) is 11.9 Å². The number of hydrogen-bond acceptors (Lipinski definition) is 3. The summed E-state index contributed by atoms with van der Waals surface area (Å²) in [6.07, 6.45) is 5.12. The Bertz CT molecular complexity index is 749. The number of amides is 1. The minimum absolute atomic E-state index is 0.439. The number of rotatable bonds is 5. The first-order chi connectivity index (χ1) is 11.5. The number of anilines is 1. The van der Waals surface area contributed by atoms with Crippen molar-refractivity contribution in [3.63, 3.8) is 0 Å². The van der Waals surface area contributed by atoms with E-state index in [-0.39, 0.29) is 0 Å². The van der Waals surface area contributed by atoms with Gasteiger partial charge in [0.15, 0.2) is 0 Å². The number of nitrogens with two attached hydrogens (primary N) is 1. The number of carbonyl (C=O) groups is 1. The smallest absolute Gasteiger partial charge is 0.249 e. The molecule has 1 aliphatic rings. The van der Waals surface area contributed by atoms with Gasteiger partial charge in [-0.1, -0.05) is 18.9 Å². The largest absolute Gasteiger partial charge is 0.457 e. The number of primary amides is 1. The highest BCUT2D eigenvalue weighted by Gasteiger charge is 2.15. The number of ether oxygens (including phenoxy) is 1. The zero-order valence-corrected chi connectivity index (χ0v) is 14.3. The van der Waals surface area contributed by atoms with Crippen LogP contribution in [0.5, 0.6) is 11.5 Å². The second-order valence-corrected chi connectivity index (χ2v) is 6.55. The van der Waals surface area contributed by atoms with E-state index in [0.717, 1.165) is 22.6 Å². The average molecular weight is 324 g/mol. The van der Waals surface area contributed by atoms with Crippen molar-refractivity contribution in [1.82, 2.24) is 0 Å². The highest BCUT2D eigenvalue weighted by Crippen LogP contribution is 2.30. The van der Waals surface area contributed by atoms with Crippen molar-refractivity contribution in [3.05, 3.63) is 53.1 Å². The van der Waals surface area contributed by atoms with E-state index in [0.29, 0.717) is 17.4 Å². The lowest BCUT2D eigenvalue weighted by molar-refractivity contribution is 0.0999. The molecule has 0 unspecified atom stereocenters. The second-order valence-electron chi connectivity index (χ2n) is 6.55. The fourth-order valence-electron chi connectivity index (χ4n) is 3.22. The topological polar surface area (TPSA) is 64.3 Å². The number of benzene rings is 2. The van der Waals surface area contributed by atoms with Crippen LogP contribution < -0.4 is 15.8 Å². The van der Waals surface area contributed by atoms with Gasteiger partial charge in [-0.3, -0.25) is 4.79 Å². The molecule has 0 bridgehead atoms. The molecule has 0 saturated heterocycles. The summed E-state index contributed by atoms with van der Waals surface area (Å²) in [6, 6.07) is 12.1. The van der Waals surface area contributed by atoms with Crippen LogP contribution in [0.3, 0.4) is 0 Å². The summed E-state index contributed by atoms with van der Waals surface area (Å²) in [7, 11) is 0. The average Bonchev–Trinajstić information content (AvgIpc) is 3.04. The minimum atomic E-state index is -0.439. The first-order valence-corrected chi connectivity index (χ1v) is 8.48. The van der Waals surface area contributed by atoms with Crippen LogP contribution in [0, 0.1) is 13.8 Å². The van der Waals surface area contributed by atoms with E-state index >= 15 is 0 Å². The van der Waals surface area contributed by atoms with E-state index in [2.05, 4.69) is 11.4 Å². The van der Waals surface area contributed by atoms with Gasteiger partial charge in [0.1, 0.15) is 11.5 Å². The summed E-state index contributed by atoms with van der Waals surface area (Å²) in [5, 5.41) is 3.59. The fourth-order valence-corrected chi connectivity index (χ4v) is 3.22. The molecular formula is C20H24N2O2. The number of carbonyl (C=O) groups excluding carboxylic acids is 1. The number of hydrogen-bond donors (Lipinski definition) is 2. The summed E-state index contributed by atoms with van der Waals surface area (Å²) in [5.41, 5.74) is 8.93. The van der Waals surface area contributed by atoms with E-state index < -0.39 is 5.91 Å². The van der Waals surface area contributed by atoms with Gasteiger partial charge in [0.2, 0.25) is 5.91 Å². The lowest BCUT2D eigenvalue weighted by atomic mass is 10.1. The van der Waals surface area contributed by atoms with E-state index in [4.69, 9.17) is 10.5 Å². The Morgan fingerprint density at radius 1 is 1.08 bits per heavy atom. The molecule has 0 spiro atoms. The molecule has 1 fully saturated rings. The molecule has 4 nitrogen and oxygen atoms in total. The normalized spacial score (nSPS) is 14.6. The van der Waals surface area contributed by atoms with E-state index in [1.807, 2.05) is 38.1 Å². The van der Waals surface area contributed by atoms with Crippen molar-refractivity contribution in [3.8, 4) is 11.5 Å². The lowest BCUT2D eigenvalue weighted by Crippen LogP contribution is -2.14. The zero-order valence-electron chi connectivity index (χ0n) is 14.3. The van der Waals surface area contributed by atoms with Gasteiger partial charge in [-0.25, -0.2) is 0 Å². The Hall–Kier alpha value is -2.49. The number of nitrogens with one attached hydrogen (secondary N) is 1. The van der Waals surface area contributed by atoms with Crippen molar-refractivity contribution < 1.29 is 9.53 Å². The molecule has 1 aliphatic carbocycles. The van der Waals surface area contributed by atoms with Crippen molar-refractivity contribution in [2.45, 2.75) is 45.6 Å². The van der Waals surface area contributed by atoms with Crippen molar-refractivity contribution in [2.24, 2.45) is 5.73 Å². The van der Waals surface area contributed by atoms with E-state index in [1.54, 1.807) is 6.07 Å².